The van der Waals surface area contributed by atoms with Crippen molar-refractivity contribution in [3.8, 4) is 5.88 Å². The maximum absolute atomic E-state index is 13.6. The second-order valence-corrected chi connectivity index (χ2v) is 9.96. The molecule has 9 heteroatoms. The molecule has 0 unspecified atom stereocenters. The predicted octanol–water partition coefficient (Wildman–Crippen LogP) is 4.89. The van der Waals surface area contributed by atoms with Gasteiger partial charge in [0.1, 0.15) is 30.4 Å². The highest BCUT2D eigenvalue weighted by Crippen LogP contribution is 2.35. The number of carbonyl (C=O) groups is 2. The van der Waals surface area contributed by atoms with Crippen LogP contribution in [-0.4, -0.2) is 49.4 Å². The molecule has 0 radical (unpaired) electrons. The highest BCUT2D eigenvalue weighted by atomic mass is 19.1. The Hall–Kier alpha value is -3.98. The Morgan fingerprint density at radius 3 is 2.56 bits per heavy atom. The second kappa shape index (κ2) is 12.3. The molecule has 39 heavy (non-hydrogen) atoms. The predicted molar refractivity (Wildman–Crippen MR) is 143 cm³/mol. The van der Waals surface area contributed by atoms with Crippen molar-refractivity contribution in [1.29, 1.82) is 0 Å². The number of aromatic nitrogens is 1. The largest absolute Gasteiger partial charge is 0.474 e. The van der Waals surface area contributed by atoms with Gasteiger partial charge in [0.05, 0.1) is 6.04 Å². The zero-order valence-corrected chi connectivity index (χ0v) is 21.9. The van der Waals surface area contributed by atoms with Crippen LogP contribution in [0.15, 0.2) is 60.7 Å². The van der Waals surface area contributed by atoms with Crippen molar-refractivity contribution < 1.29 is 28.2 Å². The maximum Gasteiger partial charge on any atom is 0.415 e. The first-order valence-corrected chi connectivity index (χ1v) is 13.2. The van der Waals surface area contributed by atoms with Gasteiger partial charge in [0.2, 0.25) is 5.88 Å². The summed E-state index contributed by atoms with van der Waals surface area (Å²) in [4.78, 5) is 32.7. The Kier molecular flexibility index (Phi) is 8.36. The number of halogens is 1. The molecule has 0 saturated carbocycles. The first-order valence-electron chi connectivity index (χ1n) is 13.2. The lowest BCUT2D eigenvalue weighted by atomic mass is 9.99. The molecular weight excluding hydrogens is 501 g/mol. The number of hydrogen-bond donors (Lipinski definition) is 1. The van der Waals surface area contributed by atoms with E-state index in [2.05, 4.69) is 10.3 Å². The summed E-state index contributed by atoms with van der Waals surface area (Å²) >= 11 is 0. The molecule has 2 aliphatic rings. The highest BCUT2D eigenvalue weighted by Gasteiger charge is 2.34. The average molecular weight is 534 g/mol. The number of rotatable bonds is 7. The van der Waals surface area contributed by atoms with Crippen LogP contribution in [-0.2, 0) is 22.5 Å². The third-order valence-electron chi connectivity index (χ3n) is 7.03. The monoisotopic (exact) mass is 533 g/mol. The lowest BCUT2D eigenvalue weighted by Crippen LogP contribution is -2.46. The Bertz CT molecular complexity index is 1300. The van der Waals surface area contributed by atoms with Crippen molar-refractivity contribution >= 4 is 17.7 Å². The molecule has 1 N–H and O–H groups in total. The molecule has 204 valence electrons. The molecule has 1 aromatic heterocycles. The van der Waals surface area contributed by atoms with Crippen LogP contribution in [0.1, 0.15) is 46.9 Å². The minimum atomic E-state index is -0.526. The number of amides is 2. The summed E-state index contributed by atoms with van der Waals surface area (Å²) in [6, 6.07) is 17.0. The van der Waals surface area contributed by atoms with Crippen LogP contribution >= 0.6 is 0 Å². The normalized spacial score (nSPS) is 17.2. The summed E-state index contributed by atoms with van der Waals surface area (Å²) in [6.45, 7) is 4.10. The zero-order valence-electron chi connectivity index (χ0n) is 21.9. The molecule has 3 aromatic rings. The number of carbonyl (C=O) groups excluding carboxylic acids is 2. The summed E-state index contributed by atoms with van der Waals surface area (Å²) in [7, 11) is 0. The fraction of sp³-hybridized carbons (Fsp3) is 0.367. The van der Waals surface area contributed by atoms with Gasteiger partial charge in [-0.2, -0.15) is 0 Å². The number of fused-ring (bicyclic) bond motifs is 1. The Balaban J connectivity index is 1.43. The summed E-state index contributed by atoms with van der Waals surface area (Å²) in [6.07, 6.45) is 1.58. The van der Waals surface area contributed by atoms with Gasteiger partial charge in [0.25, 0.3) is 5.91 Å². The van der Waals surface area contributed by atoms with E-state index in [1.54, 1.807) is 18.2 Å². The van der Waals surface area contributed by atoms with Crippen LogP contribution in [0.25, 0.3) is 0 Å². The van der Waals surface area contributed by atoms with E-state index < -0.39 is 6.09 Å². The van der Waals surface area contributed by atoms with E-state index in [0.29, 0.717) is 43.3 Å². The molecule has 0 aliphatic carbocycles. The highest BCUT2D eigenvalue weighted by molar-refractivity contribution is 5.96. The molecule has 1 atom stereocenters. The van der Waals surface area contributed by atoms with Crippen LogP contribution in [0.4, 0.5) is 14.9 Å². The molecule has 8 nitrogen and oxygen atoms in total. The SMILES string of the molecule is C[C@H]1COc2nc(C(=O)NCC3CCOCC3)c(Cc3ccc(F)cc3)cc2N1C(=O)OCc1ccccc1. The molecule has 2 aromatic carbocycles. The van der Waals surface area contributed by atoms with E-state index in [1.165, 1.54) is 17.0 Å². The number of benzene rings is 2. The molecule has 3 heterocycles. The molecule has 0 bridgehead atoms. The van der Waals surface area contributed by atoms with Gasteiger partial charge in [-0.25, -0.2) is 14.2 Å². The maximum atomic E-state index is 13.6. The van der Waals surface area contributed by atoms with Crippen molar-refractivity contribution in [2.45, 2.75) is 38.8 Å². The lowest BCUT2D eigenvalue weighted by Gasteiger charge is -2.34. The standard InChI is InChI=1S/C30H32FN3O5/c1-20-18-38-29-26(34(20)30(36)39-19-23-5-3-2-4-6-23)16-24(15-21-7-9-25(31)10-8-21)27(33-29)28(35)32-17-22-11-13-37-14-12-22/h2-10,16,20,22H,11-15,17-19H2,1H3,(H,32,35)/t20-/m0/s1. The number of anilines is 1. The van der Waals surface area contributed by atoms with Crippen molar-refractivity contribution in [1.82, 2.24) is 10.3 Å². The van der Waals surface area contributed by atoms with Gasteiger partial charge in [-0.1, -0.05) is 42.5 Å². The molecule has 1 saturated heterocycles. The Morgan fingerprint density at radius 2 is 1.82 bits per heavy atom. The van der Waals surface area contributed by atoms with Gasteiger partial charge >= 0.3 is 6.09 Å². The molecule has 0 spiro atoms. The van der Waals surface area contributed by atoms with Gasteiger partial charge in [-0.15, -0.1) is 0 Å². The number of hydrogen-bond acceptors (Lipinski definition) is 6. The van der Waals surface area contributed by atoms with Gasteiger partial charge in [0.15, 0.2) is 0 Å². The van der Waals surface area contributed by atoms with Gasteiger partial charge in [0, 0.05) is 19.8 Å². The lowest BCUT2D eigenvalue weighted by molar-refractivity contribution is 0.0641. The van der Waals surface area contributed by atoms with E-state index in [-0.39, 0.29) is 42.6 Å². The quantitative estimate of drug-likeness (QED) is 0.465. The van der Waals surface area contributed by atoms with Crippen LogP contribution < -0.4 is 15.0 Å². The van der Waals surface area contributed by atoms with Crippen LogP contribution in [0.2, 0.25) is 0 Å². The number of nitrogens with one attached hydrogen (secondary N) is 1. The Morgan fingerprint density at radius 1 is 1.08 bits per heavy atom. The third kappa shape index (κ3) is 6.54. The zero-order chi connectivity index (χ0) is 27.2. The number of pyridine rings is 1. The molecule has 2 amide bonds. The van der Waals surface area contributed by atoms with Crippen LogP contribution in [0, 0.1) is 11.7 Å². The summed E-state index contributed by atoms with van der Waals surface area (Å²) < 4.78 is 30.5. The van der Waals surface area contributed by atoms with Gasteiger partial charge in [-0.05, 0) is 67.0 Å². The smallest absolute Gasteiger partial charge is 0.415 e. The van der Waals surface area contributed by atoms with Crippen molar-refractivity contribution in [2.75, 3.05) is 31.3 Å². The minimum absolute atomic E-state index is 0.127. The van der Waals surface area contributed by atoms with E-state index in [0.717, 1.165) is 24.0 Å². The van der Waals surface area contributed by atoms with Crippen LogP contribution in [0.3, 0.4) is 0 Å². The van der Waals surface area contributed by atoms with Gasteiger partial charge in [-0.3, -0.25) is 9.69 Å². The summed E-state index contributed by atoms with van der Waals surface area (Å²) in [5, 5.41) is 3.01. The summed E-state index contributed by atoms with van der Waals surface area (Å²) in [5.74, 6) is -0.121. The minimum Gasteiger partial charge on any atom is -0.474 e. The first-order chi connectivity index (χ1) is 19.0. The van der Waals surface area contributed by atoms with E-state index >= 15 is 0 Å². The second-order valence-electron chi connectivity index (χ2n) is 9.96. The van der Waals surface area contributed by atoms with Crippen molar-refractivity contribution in [2.24, 2.45) is 5.92 Å². The van der Waals surface area contributed by atoms with Crippen LogP contribution in [0.5, 0.6) is 5.88 Å². The molecule has 1 fully saturated rings. The molecule has 2 aliphatic heterocycles. The van der Waals surface area contributed by atoms with Crippen molar-refractivity contribution in [3.63, 3.8) is 0 Å². The third-order valence-corrected chi connectivity index (χ3v) is 7.03. The topological polar surface area (TPSA) is 90.0 Å². The fourth-order valence-corrected chi connectivity index (χ4v) is 4.81. The van der Waals surface area contributed by atoms with Crippen molar-refractivity contribution in [3.05, 3.63) is 88.9 Å². The van der Waals surface area contributed by atoms with E-state index in [4.69, 9.17) is 14.2 Å². The fourth-order valence-electron chi connectivity index (χ4n) is 4.81. The first kappa shape index (κ1) is 26.6. The number of nitrogens with zero attached hydrogens (tertiary/aromatic N) is 2. The molecule has 5 rings (SSSR count). The Labute approximate surface area is 227 Å². The number of ether oxygens (including phenoxy) is 3. The molecular formula is C30H32FN3O5. The summed E-state index contributed by atoms with van der Waals surface area (Å²) in [5.41, 5.74) is 2.93. The van der Waals surface area contributed by atoms with Gasteiger partial charge < -0.3 is 19.5 Å². The average Bonchev–Trinajstić information content (AvgIpc) is 2.96. The van der Waals surface area contributed by atoms with E-state index in [1.807, 2.05) is 37.3 Å². The van der Waals surface area contributed by atoms with E-state index in [9.17, 15) is 14.0 Å².